The minimum Gasteiger partial charge on any atom is -0.314 e. The number of halogens is 1. The molecule has 2 saturated heterocycles. The first-order chi connectivity index (χ1) is 8.81. The Balaban J connectivity index is 1.50. The Kier molecular flexibility index (Phi) is 3.85. The zero-order chi connectivity index (χ0) is 12.4. The van der Waals surface area contributed by atoms with E-state index in [0.29, 0.717) is 0 Å². The average Bonchev–Trinajstić information content (AvgIpc) is 2.29. The lowest BCUT2D eigenvalue weighted by Gasteiger charge is -2.43. The lowest BCUT2D eigenvalue weighted by Crippen LogP contribution is -2.61. The van der Waals surface area contributed by atoms with E-state index in [1.165, 1.54) is 44.8 Å². The standard InChI is InChI=1S/C14H20ClN3/c15-13-3-1-2-12(8-13)11-17-4-6-18(7-5-17)14-9-16-10-14/h1-3,8,14,16H,4-7,9-11H2. The number of rotatable bonds is 3. The molecule has 1 N–H and O–H groups in total. The van der Waals surface area contributed by atoms with Crippen molar-refractivity contribution < 1.29 is 0 Å². The molecule has 0 atom stereocenters. The second kappa shape index (κ2) is 5.57. The van der Waals surface area contributed by atoms with E-state index in [0.717, 1.165) is 17.6 Å². The Hall–Kier alpha value is -0.610. The summed E-state index contributed by atoms with van der Waals surface area (Å²) in [7, 11) is 0. The lowest BCUT2D eigenvalue weighted by molar-refractivity contribution is 0.0696. The molecular weight excluding hydrogens is 246 g/mol. The Bertz CT molecular complexity index is 398. The van der Waals surface area contributed by atoms with Crippen molar-refractivity contribution in [2.24, 2.45) is 0 Å². The molecule has 0 radical (unpaired) electrons. The van der Waals surface area contributed by atoms with Gasteiger partial charge in [0.15, 0.2) is 0 Å². The maximum Gasteiger partial charge on any atom is 0.0409 e. The van der Waals surface area contributed by atoms with E-state index < -0.39 is 0 Å². The van der Waals surface area contributed by atoms with Gasteiger partial charge in [-0.3, -0.25) is 9.80 Å². The van der Waals surface area contributed by atoms with Gasteiger partial charge in [-0.05, 0) is 17.7 Å². The molecule has 0 amide bonds. The van der Waals surface area contributed by atoms with Gasteiger partial charge in [-0.15, -0.1) is 0 Å². The summed E-state index contributed by atoms with van der Waals surface area (Å²) in [6, 6.07) is 9.00. The SMILES string of the molecule is Clc1cccc(CN2CCN(C3CNC3)CC2)c1. The van der Waals surface area contributed by atoms with Crippen LogP contribution < -0.4 is 5.32 Å². The maximum atomic E-state index is 6.02. The summed E-state index contributed by atoms with van der Waals surface area (Å²) in [6.07, 6.45) is 0. The highest BCUT2D eigenvalue weighted by molar-refractivity contribution is 6.30. The van der Waals surface area contributed by atoms with Crippen molar-refractivity contribution in [2.45, 2.75) is 12.6 Å². The van der Waals surface area contributed by atoms with E-state index >= 15 is 0 Å². The van der Waals surface area contributed by atoms with Crippen molar-refractivity contribution in [1.82, 2.24) is 15.1 Å². The minimum absolute atomic E-state index is 0.790. The van der Waals surface area contributed by atoms with Crippen LogP contribution in [0.15, 0.2) is 24.3 Å². The molecule has 0 aliphatic carbocycles. The summed E-state index contributed by atoms with van der Waals surface area (Å²) in [4.78, 5) is 5.14. The van der Waals surface area contributed by atoms with Gasteiger partial charge < -0.3 is 5.32 Å². The van der Waals surface area contributed by atoms with Crippen molar-refractivity contribution in [3.63, 3.8) is 0 Å². The van der Waals surface area contributed by atoms with Crippen molar-refractivity contribution in [3.8, 4) is 0 Å². The van der Waals surface area contributed by atoms with Gasteiger partial charge in [-0.25, -0.2) is 0 Å². The first kappa shape index (κ1) is 12.4. The van der Waals surface area contributed by atoms with Gasteiger partial charge in [0.05, 0.1) is 0 Å². The third-order valence-corrected chi connectivity index (χ3v) is 4.21. The van der Waals surface area contributed by atoms with Crippen LogP contribution in [0.1, 0.15) is 5.56 Å². The molecule has 2 heterocycles. The first-order valence-corrected chi connectivity index (χ1v) is 7.10. The normalized spacial score (nSPS) is 22.9. The van der Waals surface area contributed by atoms with Crippen LogP contribution in [-0.4, -0.2) is 55.1 Å². The van der Waals surface area contributed by atoms with Crippen LogP contribution in [-0.2, 0) is 6.54 Å². The minimum atomic E-state index is 0.790. The molecule has 4 heteroatoms. The Labute approximate surface area is 114 Å². The lowest BCUT2D eigenvalue weighted by atomic mass is 10.1. The van der Waals surface area contributed by atoms with E-state index in [4.69, 9.17) is 11.6 Å². The number of piperazine rings is 1. The molecular formula is C14H20ClN3. The molecule has 0 saturated carbocycles. The molecule has 3 rings (SSSR count). The first-order valence-electron chi connectivity index (χ1n) is 6.73. The van der Waals surface area contributed by atoms with Crippen molar-refractivity contribution in [3.05, 3.63) is 34.9 Å². The fourth-order valence-corrected chi connectivity index (χ4v) is 2.92. The number of nitrogens with zero attached hydrogens (tertiary/aromatic N) is 2. The average molecular weight is 266 g/mol. The predicted octanol–water partition coefficient (Wildman–Crippen LogP) is 1.43. The van der Waals surface area contributed by atoms with Crippen LogP contribution >= 0.6 is 11.6 Å². The Morgan fingerprint density at radius 1 is 1.17 bits per heavy atom. The quantitative estimate of drug-likeness (QED) is 0.892. The smallest absolute Gasteiger partial charge is 0.0409 e. The summed E-state index contributed by atoms with van der Waals surface area (Å²) in [5, 5.41) is 4.19. The monoisotopic (exact) mass is 265 g/mol. The summed E-state index contributed by atoms with van der Waals surface area (Å²) >= 11 is 6.02. The van der Waals surface area contributed by atoms with Crippen molar-refractivity contribution >= 4 is 11.6 Å². The zero-order valence-corrected chi connectivity index (χ0v) is 11.4. The highest BCUT2D eigenvalue weighted by atomic mass is 35.5. The molecule has 3 nitrogen and oxygen atoms in total. The van der Waals surface area contributed by atoms with Crippen LogP contribution in [0.3, 0.4) is 0 Å². The highest BCUT2D eigenvalue weighted by Gasteiger charge is 2.27. The topological polar surface area (TPSA) is 18.5 Å². The zero-order valence-electron chi connectivity index (χ0n) is 10.6. The van der Waals surface area contributed by atoms with E-state index in [1.807, 2.05) is 12.1 Å². The molecule has 1 aromatic rings. The number of benzene rings is 1. The van der Waals surface area contributed by atoms with Gasteiger partial charge in [0, 0.05) is 56.9 Å². The molecule has 0 aromatic heterocycles. The second-order valence-electron chi connectivity index (χ2n) is 5.25. The molecule has 0 unspecified atom stereocenters. The van der Waals surface area contributed by atoms with Gasteiger partial charge >= 0.3 is 0 Å². The van der Waals surface area contributed by atoms with Gasteiger partial charge in [0.2, 0.25) is 0 Å². The van der Waals surface area contributed by atoms with Gasteiger partial charge in [-0.1, -0.05) is 23.7 Å². The molecule has 2 fully saturated rings. The van der Waals surface area contributed by atoms with Crippen LogP contribution in [0.5, 0.6) is 0 Å². The molecule has 98 valence electrons. The van der Waals surface area contributed by atoms with Gasteiger partial charge in [-0.2, -0.15) is 0 Å². The van der Waals surface area contributed by atoms with E-state index in [9.17, 15) is 0 Å². The molecule has 2 aliphatic rings. The fraction of sp³-hybridized carbons (Fsp3) is 0.571. The van der Waals surface area contributed by atoms with Gasteiger partial charge in [0.25, 0.3) is 0 Å². The highest BCUT2D eigenvalue weighted by Crippen LogP contribution is 2.15. The van der Waals surface area contributed by atoms with Crippen molar-refractivity contribution in [2.75, 3.05) is 39.3 Å². The van der Waals surface area contributed by atoms with Gasteiger partial charge in [0.1, 0.15) is 0 Å². The second-order valence-corrected chi connectivity index (χ2v) is 5.69. The summed E-state index contributed by atoms with van der Waals surface area (Å²) in [5.74, 6) is 0. The number of hydrogen-bond acceptors (Lipinski definition) is 3. The Morgan fingerprint density at radius 2 is 1.94 bits per heavy atom. The fourth-order valence-electron chi connectivity index (χ4n) is 2.71. The molecule has 0 spiro atoms. The van der Waals surface area contributed by atoms with E-state index in [-0.39, 0.29) is 0 Å². The molecule has 1 aromatic carbocycles. The molecule has 0 bridgehead atoms. The van der Waals surface area contributed by atoms with Crippen LogP contribution in [0.2, 0.25) is 5.02 Å². The largest absolute Gasteiger partial charge is 0.314 e. The molecule has 18 heavy (non-hydrogen) atoms. The van der Waals surface area contributed by atoms with Crippen LogP contribution in [0.25, 0.3) is 0 Å². The van der Waals surface area contributed by atoms with Crippen LogP contribution in [0.4, 0.5) is 0 Å². The number of nitrogens with one attached hydrogen (secondary N) is 1. The summed E-state index contributed by atoms with van der Waals surface area (Å²) in [5.41, 5.74) is 1.32. The summed E-state index contributed by atoms with van der Waals surface area (Å²) < 4.78 is 0. The Morgan fingerprint density at radius 3 is 2.56 bits per heavy atom. The maximum absolute atomic E-state index is 6.02. The number of hydrogen-bond donors (Lipinski definition) is 1. The van der Waals surface area contributed by atoms with E-state index in [2.05, 4.69) is 27.2 Å². The van der Waals surface area contributed by atoms with E-state index in [1.54, 1.807) is 0 Å². The third-order valence-electron chi connectivity index (χ3n) is 3.98. The van der Waals surface area contributed by atoms with Crippen molar-refractivity contribution in [1.29, 1.82) is 0 Å². The van der Waals surface area contributed by atoms with Crippen LogP contribution in [0, 0.1) is 0 Å². The summed E-state index contributed by atoms with van der Waals surface area (Å²) in [6.45, 7) is 8.12. The predicted molar refractivity (Wildman–Crippen MR) is 75.0 cm³/mol. The molecule has 2 aliphatic heterocycles. The third kappa shape index (κ3) is 2.86.